The van der Waals surface area contributed by atoms with E-state index in [1.807, 2.05) is 11.8 Å². The maximum Gasteiger partial charge on any atom is 0.332 e. The highest BCUT2D eigenvalue weighted by molar-refractivity contribution is 8.14. The molecule has 2 rings (SSSR count). The zero-order chi connectivity index (χ0) is 14.5. The standard InChI is InChI=1S/C14H16N2O3S/c1-3-16-11(8-13(18)19-2)9-20-14(16)15-10-4-6-12(17)7-5-10/h4-8,17H,3,9H2,1-2H3. The number of thioether (sulfide) groups is 1. The van der Waals surface area contributed by atoms with E-state index in [1.54, 1.807) is 36.0 Å². The molecule has 0 aromatic heterocycles. The molecule has 0 unspecified atom stereocenters. The molecule has 1 heterocycles. The van der Waals surface area contributed by atoms with E-state index in [2.05, 4.69) is 9.73 Å². The van der Waals surface area contributed by atoms with Gasteiger partial charge in [0.15, 0.2) is 5.17 Å². The van der Waals surface area contributed by atoms with Crippen LogP contribution in [0.15, 0.2) is 41.0 Å². The lowest BCUT2D eigenvalue weighted by Crippen LogP contribution is -2.23. The molecule has 0 radical (unpaired) electrons. The molecule has 5 nitrogen and oxygen atoms in total. The first-order chi connectivity index (χ1) is 9.63. The normalized spacial score (nSPS) is 18.8. The smallest absolute Gasteiger partial charge is 0.332 e. The molecule has 0 amide bonds. The van der Waals surface area contributed by atoms with E-state index < -0.39 is 0 Å². The van der Waals surface area contributed by atoms with E-state index in [0.29, 0.717) is 5.75 Å². The number of esters is 1. The Labute approximate surface area is 122 Å². The number of aliphatic imine (C=N–C) groups is 1. The summed E-state index contributed by atoms with van der Waals surface area (Å²) in [5.41, 5.74) is 1.66. The van der Waals surface area contributed by atoms with Gasteiger partial charge in [-0.1, -0.05) is 11.8 Å². The summed E-state index contributed by atoms with van der Waals surface area (Å²) in [4.78, 5) is 17.8. The average Bonchev–Trinajstić information content (AvgIpc) is 2.83. The number of methoxy groups -OCH3 is 1. The third-order valence-corrected chi connectivity index (χ3v) is 3.81. The Hall–Kier alpha value is -1.95. The minimum Gasteiger partial charge on any atom is -0.508 e. The van der Waals surface area contributed by atoms with Crippen LogP contribution in [0.4, 0.5) is 5.69 Å². The van der Waals surface area contributed by atoms with Crippen molar-refractivity contribution in [3.8, 4) is 5.75 Å². The Morgan fingerprint density at radius 2 is 2.20 bits per heavy atom. The summed E-state index contributed by atoms with van der Waals surface area (Å²) in [6.07, 6.45) is 1.50. The molecular formula is C14H16N2O3S. The fraction of sp³-hybridized carbons (Fsp3) is 0.286. The summed E-state index contributed by atoms with van der Waals surface area (Å²) in [6, 6.07) is 6.69. The lowest BCUT2D eigenvalue weighted by molar-refractivity contribution is -0.134. The second-order valence-electron chi connectivity index (χ2n) is 4.10. The Kier molecular flexibility index (Phi) is 4.68. The SMILES string of the molecule is CCN1C(=CC(=O)OC)CSC1=Nc1ccc(O)cc1. The zero-order valence-corrected chi connectivity index (χ0v) is 12.2. The fourth-order valence-electron chi connectivity index (χ4n) is 1.80. The van der Waals surface area contributed by atoms with E-state index in [1.165, 1.54) is 13.2 Å². The number of carbonyl (C=O) groups is 1. The maximum absolute atomic E-state index is 11.3. The van der Waals surface area contributed by atoms with Crippen molar-refractivity contribution in [2.24, 2.45) is 4.99 Å². The van der Waals surface area contributed by atoms with Crippen molar-refractivity contribution in [2.45, 2.75) is 6.92 Å². The zero-order valence-electron chi connectivity index (χ0n) is 11.4. The number of benzene rings is 1. The second kappa shape index (κ2) is 6.47. The van der Waals surface area contributed by atoms with Crippen LogP contribution in [-0.2, 0) is 9.53 Å². The lowest BCUT2D eigenvalue weighted by atomic mass is 10.3. The third-order valence-electron chi connectivity index (χ3n) is 2.80. The summed E-state index contributed by atoms with van der Waals surface area (Å²) < 4.78 is 4.65. The Morgan fingerprint density at radius 3 is 2.80 bits per heavy atom. The van der Waals surface area contributed by atoms with Crippen molar-refractivity contribution in [1.29, 1.82) is 0 Å². The van der Waals surface area contributed by atoms with Crippen molar-refractivity contribution in [2.75, 3.05) is 19.4 Å². The number of carbonyl (C=O) groups excluding carboxylic acids is 1. The predicted molar refractivity (Wildman–Crippen MR) is 80.1 cm³/mol. The molecule has 1 aliphatic rings. The molecule has 0 bridgehead atoms. The van der Waals surface area contributed by atoms with Crippen LogP contribution < -0.4 is 0 Å². The summed E-state index contributed by atoms with van der Waals surface area (Å²) in [5, 5.41) is 10.1. The van der Waals surface area contributed by atoms with Crippen LogP contribution in [-0.4, -0.2) is 40.6 Å². The quantitative estimate of drug-likeness (QED) is 0.685. The van der Waals surface area contributed by atoms with Crippen LogP contribution in [0.5, 0.6) is 5.75 Å². The molecule has 1 aromatic rings. The Balaban J connectivity index is 2.23. The van der Waals surface area contributed by atoms with Gasteiger partial charge in [-0.25, -0.2) is 9.79 Å². The van der Waals surface area contributed by atoms with E-state index in [0.717, 1.165) is 23.1 Å². The molecule has 1 N–H and O–H groups in total. The second-order valence-corrected chi connectivity index (χ2v) is 5.05. The first kappa shape index (κ1) is 14.5. The van der Waals surface area contributed by atoms with Crippen LogP contribution >= 0.6 is 11.8 Å². The Morgan fingerprint density at radius 1 is 1.50 bits per heavy atom. The topological polar surface area (TPSA) is 62.1 Å². The molecule has 1 aliphatic heterocycles. The first-order valence-electron chi connectivity index (χ1n) is 6.20. The van der Waals surface area contributed by atoms with Gasteiger partial charge in [0.25, 0.3) is 0 Å². The van der Waals surface area contributed by atoms with Gasteiger partial charge in [0, 0.05) is 24.1 Å². The van der Waals surface area contributed by atoms with E-state index in [-0.39, 0.29) is 11.7 Å². The molecule has 1 saturated heterocycles. The molecule has 106 valence electrons. The predicted octanol–water partition coefficient (Wildman–Crippen LogP) is 2.51. The number of ether oxygens (including phenoxy) is 1. The molecular weight excluding hydrogens is 276 g/mol. The minimum atomic E-state index is -0.357. The lowest BCUT2D eigenvalue weighted by Gasteiger charge is -2.17. The van der Waals surface area contributed by atoms with Gasteiger partial charge < -0.3 is 14.7 Å². The van der Waals surface area contributed by atoms with Gasteiger partial charge in [0.1, 0.15) is 5.75 Å². The molecule has 0 atom stereocenters. The summed E-state index contributed by atoms with van der Waals surface area (Å²) in [5.74, 6) is 0.552. The number of nitrogens with zero attached hydrogens (tertiary/aromatic N) is 2. The molecule has 6 heteroatoms. The highest BCUT2D eigenvalue weighted by Gasteiger charge is 2.24. The van der Waals surface area contributed by atoms with Crippen molar-refractivity contribution in [1.82, 2.24) is 4.90 Å². The third kappa shape index (κ3) is 3.33. The number of amidine groups is 1. The van der Waals surface area contributed by atoms with Gasteiger partial charge >= 0.3 is 5.97 Å². The van der Waals surface area contributed by atoms with Crippen molar-refractivity contribution in [3.63, 3.8) is 0 Å². The highest BCUT2D eigenvalue weighted by Crippen LogP contribution is 2.29. The summed E-state index contributed by atoms with van der Waals surface area (Å²) >= 11 is 1.57. The van der Waals surface area contributed by atoms with Gasteiger partial charge in [0.05, 0.1) is 12.8 Å². The minimum absolute atomic E-state index is 0.214. The van der Waals surface area contributed by atoms with Gasteiger partial charge in [-0.2, -0.15) is 0 Å². The van der Waals surface area contributed by atoms with Crippen LogP contribution in [0.2, 0.25) is 0 Å². The van der Waals surface area contributed by atoms with Crippen LogP contribution in [0.1, 0.15) is 6.92 Å². The molecule has 0 saturated carbocycles. The van der Waals surface area contributed by atoms with Gasteiger partial charge in [-0.15, -0.1) is 0 Å². The summed E-state index contributed by atoms with van der Waals surface area (Å²) in [7, 11) is 1.36. The van der Waals surface area contributed by atoms with E-state index >= 15 is 0 Å². The number of rotatable bonds is 3. The average molecular weight is 292 g/mol. The number of phenols is 1. The van der Waals surface area contributed by atoms with Crippen molar-refractivity contribution < 1.29 is 14.6 Å². The molecule has 1 aromatic carbocycles. The fourth-order valence-corrected chi connectivity index (χ4v) is 2.89. The van der Waals surface area contributed by atoms with Crippen LogP contribution in [0, 0.1) is 0 Å². The molecule has 1 fully saturated rings. The van der Waals surface area contributed by atoms with Crippen molar-refractivity contribution in [3.05, 3.63) is 36.0 Å². The van der Waals surface area contributed by atoms with Crippen molar-refractivity contribution >= 4 is 28.6 Å². The van der Waals surface area contributed by atoms with Crippen LogP contribution in [0.3, 0.4) is 0 Å². The van der Waals surface area contributed by atoms with E-state index in [9.17, 15) is 9.90 Å². The number of hydrogen-bond donors (Lipinski definition) is 1. The number of phenolic OH excluding ortho intramolecular Hbond substituents is 1. The first-order valence-corrected chi connectivity index (χ1v) is 7.19. The number of aromatic hydroxyl groups is 1. The molecule has 20 heavy (non-hydrogen) atoms. The monoisotopic (exact) mass is 292 g/mol. The van der Waals surface area contributed by atoms with E-state index in [4.69, 9.17) is 0 Å². The largest absolute Gasteiger partial charge is 0.508 e. The van der Waals surface area contributed by atoms with Crippen LogP contribution in [0.25, 0.3) is 0 Å². The number of hydrogen-bond acceptors (Lipinski definition) is 5. The van der Waals surface area contributed by atoms with Gasteiger partial charge in [-0.05, 0) is 31.2 Å². The molecule has 0 aliphatic carbocycles. The van der Waals surface area contributed by atoms with Gasteiger partial charge in [-0.3, -0.25) is 0 Å². The molecule has 0 spiro atoms. The van der Waals surface area contributed by atoms with Gasteiger partial charge in [0.2, 0.25) is 0 Å². The Bertz CT molecular complexity index is 552. The summed E-state index contributed by atoms with van der Waals surface area (Å²) in [6.45, 7) is 2.73. The highest BCUT2D eigenvalue weighted by atomic mass is 32.2. The maximum atomic E-state index is 11.3.